The van der Waals surface area contributed by atoms with Crippen LogP contribution in [0.4, 0.5) is 5.69 Å². The Kier molecular flexibility index (Phi) is 18.5. The van der Waals surface area contributed by atoms with E-state index in [0.717, 1.165) is 0 Å². The summed E-state index contributed by atoms with van der Waals surface area (Å²) in [6.07, 6.45) is 1.10. The molecule has 2 aliphatic rings. The summed E-state index contributed by atoms with van der Waals surface area (Å²) in [5, 5.41) is 52.9. The summed E-state index contributed by atoms with van der Waals surface area (Å²) >= 11 is 0. The van der Waals surface area contributed by atoms with Crippen LogP contribution in [0.2, 0.25) is 0 Å². The average Bonchev–Trinajstić information content (AvgIpc) is 3.55. The molecule has 20 heteroatoms. The van der Waals surface area contributed by atoms with Gasteiger partial charge in [0.05, 0.1) is 38.7 Å². The molecular formula is C31H48BCuN7O11. The Labute approximate surface area is 307 Å². The second-order valence-electron chi connectivity index (χ2n) is 12.6. The van der Waals surface area contributed by atoms with Crippen LogP contribution in [-0.4, -0.2) is 196 Å². The Hall–Kier alpha value is -3.62. The molecule has 0 aromatic heterocycles. The maximum atomic E-state index is 13.0. The molecule has 51 heavy (non-hydrogen) atoms. The zero-order valence-corrected chi connectivity index (χ0v) is 29.5. The Morgan fingerprint density at radius 2 is 1.16 bits per heavy atom. The van der Waals surface area contributed by atoms with Gasteiger partial charge in [-0.15, -0.1) is 0 Å². The zero-order chi connectivity index (χ0) is 36.8. The van der Waals surface area contributed by atoms with Gasteiger partial charge in [-0.25, -0.2) is 0 Å². The summed E-state index contributed by atoms with van der Waals surface area (Å²) < 4.78 is 0. The van der Waals surface area contributed by atoms with Gasteiger partial charge >= 0.3 is 25.0 Å². The number of benzene rings is 1. The van der Waals surface area contributed by atoms with E-state index in [9.17, 15) is 54.1 Å². The van der Waals surface area contributed by atoms with Crippen molar-refractivity contribution in [1.29, 1.82) is 0 Å². The van der Waals surface area contributed by atoms with E-state index in [4.69, 9.17) is 0 Å². The first kappa shape index (κ1) is 43.5. The molecule has 3 rings (SSSR count). The Balaban J connectivity index is 0.00000901. The van der Waals surface area contributed by atoms with Crippen LogP contribution in [-0.2, 0) is 41.0 Å². The van der Waals surface area contributed by atoms with E-state index in [0.29, 0.717) is 51.3 Å². The number of amides is 2. The smallest absolute Gasteiger partial charge is 0.475 e. The van der Waals surface area contributed by atoms with Crippen molar-refractivity contribution in [2.45, 2.75) is 31.7 Å². The monoisotopic (exact) mass is 768 g/mol. The number of ketones is 1. The molecule has 287 valence electrons. The third-order valence-electron chi connectivity index (χ3n) is 8.69. The van der Waals surface area contributed by atoms with Crippen molar-refractivity contribution in [2.75, 3.05) is 96.9 Å². The molecule has 0 bridgehead atoms. The number of carboxylic acids is 3. The van der Waals surface area contributed by atoms with Crippen LogP contribution in [0.15, 0.2) is 24.3 Å². The first-order chi connectivity index (χ1) is 23.7. The zero-order valence-electron chi connectivity index (χ0n) is 28.6. The molecule has 2 aliphatic heterocycles. The van der Waals surface area contributed by atoms with Crippen LogP contribution in [0.3, 0.4) is 0 Å². The molecule has 0 aliphatic carbocycles. The predicted octanol–water partition coefficient (Wildman–Crippen LogP) is -2.74. The topological polar surface area (TPSA) is 244 Å². The van der Waals surface area contributed by atoms with E-state index < -0.39 is 48.8 Å². The van der Waals surface area contributed by atoms with E-state index in [-0.39, 0.29) is 87.3 Å². The van der Waals surface area contributed by atoms with Gasteiger partial charge in [-0.1, -0.05) is 0 Å². The van der Waals surface area contributed by atoms with Crippen LogP contribution in [0.1, 0.15) is 30.1 Å². The minimum Gasteiger partial charge on any atom is -0.480 e. The number of anilines is 1. The van der Waals surface area contributed by atoms with Gasteiger partial charge in [0.15, 0.2) is 5.78 Å². The van der Waals surface area contributed by atoms with Crippen LogP contribution in [0.5, 0.6) is 0 Å². The summed E-state index contributed by atoms with van der Waals surface area (Å²) in [6, 6.07) is 5.42. The number of carboxylic acid groups (broad SMARTS) is 3. The van der Waals surface area contributed by atoms with Gasteiger partial charge in [0.1, 0.15) is 6.04 Å². The first-order valence-electron chi connectivity index (χ1n) is 16.6. The Morgan fingerprint density at radius 1 is 0.725 bits per heavy atom. The van der Waals surface area contributed by atoms with Crippen molar-refractivity contribution in [1.82, 2.24) is 29.8 Å². The van der Waals surface area contributed by atoms with Gasteiger partial charge in [0, 0.05) is 87.2 Å². The van der Waals surface area contributed by atoms with Crippen LogP contribution in [0.25, 0.3) is 0 Å². The number of carbonyl (C=O) groups is 6. The normalized spacial score (nSPS) is 19.1. The van der Waals surface area contributed by atoms with Crippen molar-refractivity contribution in [3.05, 3.63) is 29.8 Å². The van der Waals surface area contributed by atoms with Gasteiger partial charge in [-0.3, -0.25) is 48.4 Å². The number of rotatable bonds is 15. The molecule has 2 atom stereocenters. The van der Waals surface area contributed by atoms with Crippen LogP contribution in [0, 0.1) is 0 Å². The van der Waals surface area contributed by atoms with Crippen molar-refractivity contribution in [3.63, 3.8) is 0 Å². The molecule has 7 N–H and O–H groups in total. The maximum absolute atomic E-state index is 13.0. The summed E-state index contributed by atoms with van der Waals surface area (Å²) in [5.41, 5.74) is 0.847. The number of hydrogen-bond acceptors (Lipinski definition) is 13. The van der Waals surface area contributed by atoms with Gasteiger partial charge in [0.25, 0.3) is 5.91 Å². The number of likely N-dealkylation sites (tertiary alicyclic amines) is 1. The van der Waals surface area contributed by atoms with E-state index in [1.165, 1.54) is 24.0 Å². The van der Waals surface area contributed by atoms with Crippen LogP contribution >= 0.6 is 0 Å². The number of Topliss-reactive ketones (excluding diaryl/α,β-unsaturated/α-hetero) is 1. The molecule has 1 radical (unpaired) electrons. The minimum atomic E-state index is -1.66. The van der Waals surface area contributed by atoms with Crippen molar-refractivity contribution < 1.29 is 71.2 Å². The molecule has 1 aromatic carbocycles. The summed E-state index contributed by atoms with van der Waals surface area (Å²) in [7, 11) is -1.66. The molecule has 0 saturated carbocycles. The van der Waals surface area contributed by atoms with E-state index in [1.807, 2.05) is 4.90 Å². The minimum absolute atomic E-state index is 0. The van der Waals surface area contributed by atoms with Gasteiger partial charge in [-0.05, 0) is 44.0 Å². The SMILES string of the molecule is C[C@@H](NC(=O)c1ccc(NCC(=O)CN2CCN(CC(=O)O)CCN(CC(=O)O)CCN(CC(=O)O)CC2)cc1)C(=O)N1CCC[C@H]1B(O)O.[Cu]. The fraction of sp³-hybridized carbons (Fsp3) is 0.613. The average molecular weight is 769 g/mol. The number of nitrogens with zero attached hydrogens (tertiary/aromatic N) is 5. The molecule has 0 spiro atoms. The third kappa shape index (κ3) is 15.3. The molecule has 2 fully saturated rings. The second kappa shape index (κ2) is 21.7. The first-order valence-corrected chi connectivity index (χ1v) is 16.6. The number of hydrogen-bond donors (Lipinski definition) is 7. The second-order valence-corrected chi connectivity index (χ2v) is 12.6. The number of carbonyl (C=O) groups excluding carboxylic acids is 3. The molecular weight excluding hydrogens is 721 g/mol. The molecule has 18 nitrogen and oxygen atoms in total. The molecule has 1 aromatic rings. The molecule has 2 amide bonds. The predicted molar refractivity (Wildman–Crippen MR) is 180 cm³/mol. The quantitative estimate of drug-likeness (QED) is 0.0896. The van der Waals surface area contributed by atoms with Crippen molar-refractivity contribution >= 4 is 48.3 Å². The van der Waals surface area contributed by atoms with E-state index in [2.05, 4.69) is 10.6 Å². The summed E-state index contributed by atoms with van der Waals surface area (Å²) in [5.74, 6) is -4.90. The largest absolute Gasteiger partial charge is 0.480 e. The van der Waals surface area contributed by atoms with Gasteiger partial charge in [0.2, 0.25) is 5.91 Å². The van der Waals surface area contributed by atoms with E-state index >= 15 is 0 Å². The fourth-order valence-electron chi connectivity index (χ4n) is 6.00. The number of aliphatic carboxylic acids is 3. The molecule has 2 heterocycles. The summed E-state index contributed by atoms with van der Waals surface area (Å²) in [6.45, 7) is 3.42. The van der Waals surface area contributed by atoms with Crippen molar-refractivity contribution in [3.8, 4) is 0 Å². The third-order valence-corrected chi connectivity index (χ3v) is 8.69. The Bertz CT molecular complexity index is 1310. The van der Waals surface area contributed by atoms with Crippen molar-refractivity contribution in [2.24, 2.45) is 0 Å². The Morgan fingerprint density at radius 3 is 1.57 bits per heavy atom. The van der Waals surface area contributed by atoms with Gasteiger partial charge < -0.3 is 40.9 Å². The van der Waals surface area contributed by atoms with Gasteiger partial charge in [-0.2, -0.15) is 0 Å². The standard InChI is InChI=1S/C31H48BN7O11.Cu/c1-22(31(48)39-8-2-3-26(39)32(49)50)34-30(47)23-4-6-24(7-5-23)33-17-25(40)18-35-9-11-36(19-27(41)42)13-15-38(21-29(45)46)16-14-37(12-10-35)20-28(43)44;/h4-7,22,26,33,49-50H,2-3,8-21H2,1H3,(H,34,47)(H,41,42)(H,43,44)(H,45,46);/t22-,26+;/m1./s1. The molecule has 0 unspecified atom stereocenters. The summed E-state index contributed by atoms with van der Waals surface area (Å²) in [4.78, 5) is 81.2. The fourth-order valence-corrected chi connectivity index (χ4v) is 6.00. The van der Waals surface area contributed by atoms with E-state index in [1.54, 1.807) is 26.8 Å². The number of nitrogens with one attached hydrogen (secondary N) is 2. The van der Waals surface area contributed by atoms with Crippen LogP contribution < -0.4 is 10.6 Å². The maximum Gasteiger partial charge on any atom is 0.475 e. The molecule has 2 saturated heterocycles.